The van der Waals surface area contributed by atoms with Crippen LogP contribution in [0.5, 0.6) is 11.5 Å². The topological polar surface area (TPSA) is 59.1 Å². The van der Waals surface area contributed by atoms with Gasteiger partial charge in [0.1, 0.15) is 6.54 Å². The van der Waals surface area contributed by atoms with Crippen molar-refractivity contribution in [1.29, 1.82) is 0 Å². The number of amides is 2. The summed E-state index contributed by atoms with van der Waals surface area (Å²) in [6.07, 6.45) is 0.756. The average molecular weight is 465 g/mol. The zero-order valence-electron chi connectivity index (χ0n) is 19.0. The Morgan fingerprint density at radius 3 is 2.48 bits per heavy atom. The predicted octanol–water partition coefficient (Wildman–Crippen LogP) is 4.87. The monoisotopic (exact) mass is 464 g/mol. The molecule has 1 aromatic heterocycles. The fourth-order valence-electron chi connectivity index (χ4n) is 3.77. The molecular weight excluding hydrogens is 436 g/mol. The molecule has 0 saturated carbocycles. The van der Waals surface area contributed by atoms with Gasteiger partial charge in [-0.3, -0.25) is 9.59 Å². The van der Waals surface area contributed by atoms with Crippen molar-refractivity contribution in [3.05, 3.63) is 81.5 Å². The highest BCUT2D eigenvalue weighted by molar-refractivity contribution is 7.10. The van der Waals surface area contributed by atoms with Crippen LogP contribution in [0.1, 0.15) is 39.7 Å². The molecule has 6 nitrogen and oxygen atoms in total. The van der Waals surface area contributed by atoms with E-state index in [2.05, 4.69) is 13.0 Å². The Labute approximate surface area is 198 Å². The van der Waals surface area contributed by atoms with E-state index in [0.29, 0.717) is 36.7 Å². The predicted molar refractivity (Wildman–Crippen MR) is 129 cm³/mol. The third kappa shape index (κ3) is 5.54. The van der Waals surface area contributed by atoms with Gasteiger partial charge < -0.3 is 19.3 Å². The Morgan fingerprint density at radius 1 is 0.970 bits per heavy atom. The molecule has 0 N–H and O–H groups in total. The lowest BCUT2D eigenvalue weighted by Gasteiger charge is -2.28. The van der Waals surface area contributed by atoms with Crippen molar-refractivity contribution in [2.45, 2.75) is 33.4 Å². The minimum atomic E-state index is -0.185. The Bertz CT molecular complexity index is 1110. The molecule has 172 valence electrons. The van der Waals surface area contributed by atoms with Crippen LogP contribution >= 0.6 is 11.3 Å². The first-order valence-corrected chi connectivity index (χ1v) is 12.0. The van der Waals surface area contributed by atoms with Gasteiger partial charge in [-0.2, -0.15) is 0 Å². The number of benzene rings is 2. The molecule has 2 amide bonds. The highest BCUT2D eigenvalue weighted by atomic mass is 32.1. The first-order chi connectivity index (χ1) is 16.0. The van der Waals surface area contributed by atoms with Gasteiger partial charge in [0, 0.05) is 23.5 Å². The zero-order chi connectivity index (χ0) is 23.2. The number of hydrogen-bond donors (Lipinski definition) is 0. The van der Waals surface area contributed by atoms with Gasteiger partial charge in [0.25, 0.3) is 5.91 Å². The summed E-state index contributed by atoms with van der Waals surface area (Å²) in [5.74, 6) is 0.928. The maximum Gasteiger partial charge on any atom is 0.254 e. The van der Waals surface area contributed by atoms with Crippen LogP contribution in [0, 0.1) is 6.92 Å². The summed E-state index contributed by atoms with van der Waals surface area (Å²) < 4.78 is 10.8. The molecule has 4 rings (SSSR count). The van der Waals surface area contributed by atoms with Gasteiger partial charge in [0.05, 0.1) is 6.54 Å². The summed E-state index contributed by atoms with van der Waals surface area (Å²) in [6.45, 7) is 5.75. The summed E-state index contributed by atoms with van der Waals surface area (Å²) in [7, 11) is 0. The molecule has 0 aliphatic carbocycles. The molecule has 0 fully saturated rings. The summed E-state index contributed by atoms with van der Waals surface area (Å²) in [4.78, 5) is 31.4. The Kier molecular flexibility index (Phi) is 7.29. The fraction of sp³-hybridized carbons (Fsp3) is 0.308. The molecular formula is C26H28N2O4S. The lowest BCUT2D eigenvalue weighted by molar-refractivity contribution is -0.133. The van der Waals surface area contributed by atoms with Crippen molar-refractivity contribution in [2.75, 3.05) is 19.9 Å². The van der Waals surface area contributed by atoms with E-state index in [0.717, 1.165) is 16.9 Å². The number of rotatable bonds is 9. The molecule has 0 atom stereocenters. The summed E-state index contributed by atoms with van der Waals surface area (Å²) in [6, 6.07) is 17.2. The number of carbonyl (C=O) groups excluding carboxylic acids is 2. The molecule has 1 aliphatic heterocycles. The minimum absolute atomic E-state index is 0.0262. The van der Waals surface area contributed by atoms with E-state index in [1.165, 1.54) is 5.56 Å². The maximum atomic E-state index is 13.5. The molecule has 0 unspecified atom stereocenters. The van der Waals surface area contributed by atoms with E-state index in [1.807, 2.05) is 47.5 Å². The molecule has 3 aromatic rings. The van der Waals surface area contributed by atoms with Gasteiger partial charge in [-0.05, 0) is 54.1 Å². The normalized spacial score (nSPS) is 11.9. The zero-order valence-corrected chi connectivity index (χ0v) is 19.8. The summed E-state index contributed by atoms with van der Waals surface area (Å²) in [5, 5.41) is 2.04. The van der Waals surface area contributed by atoms with E-state index in [4.69, 9.17) is 9.47 Å². The number of nitrogens with zero attached hydrogens (tertiary/aromatic N) is 2. The molecule has 33 heavy (non-hydrogen) atoms. The molecule has 0 saturated heterocycles. The van der Waals surface area contributed by atoms with Crippen LogP contribution in [0.2, 0.25) is 0 Å². The van der Waals surface area contributed by atoms with Crippen molar-refractivity contribution in [3.63, 3.8) is 0 Å². The van der Waals surface area contributed by atoms with Gasteiger partial charge in [0.15, 0.2) is 11.5 Å². The van der Waals surface area contributed by atoms with Crippen LogP contribution in [0.25, 0.3) is 0 Å². The molecule has 2 heterocycles. The third-order valence-corrected chi connectivity index (χ3v) is 6.61. The molecule has 0 radical (unpaired) electrons. The number of carbonyl (C=O) groups is 2. The van der Waals surface area contributed by atoms with Crippen LogP contribution in [0.4, 0.5) is 0 Å². The SMILES string of the molecule is CCCN(CC(=O)N(Cc1ccccc1)Cc1sccc1C)C(=O)c1ccc2c(c1)OCO2. The van der Waals surface area contributed by atoms with Crippen LogP contribution in [-0.4, -0.2) is 41.5 Å². The van der Waals surface area contributed by atoms with Crippen LogP contribution in [0.15, 0.2) is 60.0 Å². The van der Waals surface area contributed by atoms with Gasteiger partial charge in [-0.1, -0.05) is 37.3 Å². The molecule has 0 bridgehead atoms. The van der Waals surface area contributed by atoms with E-state index in [1.54, 1.807) is 34.4 Å². The van der Waals surface area contributed by atoms with Gasteiger partial charge in [-0.15, -0.1) is 11.3 Å². The number of fused-ring (bicyclic) bond motifs is 1. The van der Waals surface area contributed by atoms with Crippen molar-refractivity contribution < 1.29 is 19.1 Å². The molecule has 7 heteroatoms. The van der Waals surface area contributed by atoms with Gasteiger partial charge in [-0.25, -0.2) is 0 Å². The Morgan fingerprint density at radius 2 is 1.76 bits per heavy atom. The average Bonchev–Trinajstić information content (AvgIpc) is 3.46. The van der Waals surface area contributed by atoms with Crippen molar-refractivity contribution in [2.24, 2.45) is 0 Å². The number of aryl methyl sites for hydroxylation is 1. The second-order valence-electron chi connectivity index (χ2n) is 8.06. The Balaban J connectivity index is 1.53. The van der Waals surface area contributed by atoms with Crippen LogP contribution < -0.4 is 9.47 Å². The third-order valence-electron chi connectivity index (χ3n) is 5.60. The molecule has 1 aliphatic rings. The van der Waals surface area contributed by atoms with Crippen molar-refractivity contribution in [1.82, 2.24) is 9.80 Å². The second-order valence-corrected chi connectivity index (χ2v) is 9.06. The fourth-order valence-corrected chi connectivity index (χ4v) is 4.69. The van der Waals surface area contributed by atoms with Crippen molar-refractivity contribution >= 4 is 23.2 Å². The van der Waals surface area contributed by atoms with Gasteiger partial charge in [0.2, 0.25) is 12.7 Å². The number of hydrogen-bond acceptors (Lipinski definition) is 5. The first kappa shape index (κ1) is 22.9. The summed E-state index contributed by atoms with van der Waals surface area (Å²) >= 11 is 1.65. The molecule has 2 aromatic carbocycles. The Hall–Kier alpha value is -3.32. The standard InChI is InChI=1S/C26H28N2O4S/c1-3-12-27(26(30)21-9-10-22-23(14-21)32-18-31-22)17-25(29)28(15-20-7-5-4-6-8-20)16-24-19(2)11-13-33-24/h4-11,13-14H,3,12,15-18H2,1-2H3. The first-order valence-electron chi connectivity index (χ1n) is 11.1. The smallest absolute Gasteiger partial charge is 0.254 e. The van der Waals surface area contributed by atoms with Crippen molar-refractivity contribution in [3.8, 4) is 11.5 Å². The second kappa shape index (κ2) is 10.5. The van der Waals surface area contributed by atoms with E-state index < -0.39 is 0 Å². The van der Waals surface area contributed by atoms with E-state index in [-0.39, 0.29) is 25.2 Å². The highest BCUT2D eigenvalue weighted by Crippen LogP contribution is 2.33. The van der Waals surface area contributed by atoms with E-state index >= 15 is 0 Å². The van der Waals surface area contributed by atoms with Crippen LogP contribution in [0.3, 0.4) is 0 Å². The summed E-state index contributed by atoms with van der Waals surface area (Å²) in [5.41, 5.74) is 2.72. The highest BCUT2D eigenvalue weighted by Gasteiger charge is 2.24. The maximum absolute atomic E-state index is 13.5. The lowest BCUT2D eigenvalue weighted by atomic mass is 10.1. The lowest BCUT2D eigenvalue weighted by Crippen LogP contribution is -2.42. The van der Waals surface area contributed by atoms with Gasteiger partial charge >= 0.3 is 0 Å². The minimum Gasteiger partial charge on any atom is -0.454 e. The molecule has 0 spiro atoms. The number of ether oxygens (including phenoxy) is 2. The quantitative estimate of drug-likeness (QED) is 0.454. The van der Waals surface area contributed by atoms with E-state index in [9.17, 15) is 9.59 Å². The largest absolute Gasteiger partial charge is 0.454 e. The number of thiophene rings is 1. The van der Waals surface area contributed by atoms with Crippen LogP contribution in [-0.2, 0) is 17.9 Å².